The number of piperidine rings is 1. The van der Waals surface area contributed by atoms with Crippen LogP contribution in [-0.4, -0.2) is 133 Å². The van der Waals surface area contributed by atoms with E-state index in [9.17, 15) is 37.2 Å². The van der Waals surface area contributed by atoms with E-state index in [1.165, 1.54) is 13.2 Å². The van der Waals surface area contributed by atoms with Crippen LogP contribution in [0.4, 0.5) is 11.4 Å². The normalized spacial score (nSPS) is 17.6. The minimum absolute atomic E-state index is 0.0165. The van der Waals surface area contributed by atoms with E-state index in [1.54, 1.807) is 55.1 Å². The van der Waals surface area contributed by atoms with Gasteiger partial charge in [0.15, 0.2) is 11.5 Å². The predicted octanol–water partition coefficient (Wildman–Crippen LogP) is 3.64. The van der Waals surface area contributed by atoms with Crippen LogP contribution in [0.2, 0.25) is 0 Å². The average molecular weight is 899 g/mol. The van der Waals surface area contributed by atoms with Gasteiger partial charge in [-0.05, 0) is 80.8 Å². The van der Waals surface area contributed by atoms with Gasteiger partial charge < -0.3 is 25.0 Å². The topological polar surface area (TPSA) is 219 Å². The van der Waals surface area contributed by atoms with E-state index in [1.807, 2.05) is 12.1 Å². The number of rotatable bonds is 18. The molecule has 3 aromatic carbocycles. The van der Waals surface area contributed by atoms with Crippen molar-refractivity contribution in [3.63, 3.8) is 0 Å². The van der Waals surface area contributed by atoms with Gasteiger partial charge in [-0.3, -0.25) is 48.6 Å². The molecule has 1 unspecified atom stereocenters. The van der Waals surface area contributed by atoms with E-state index < -0.39 is 39.4 Å². The third kappa shape index (κ3) is 10.4. The fourth-order valence-corrected chi connectivity index (χ4v) is 9.54. The van der Waals surface area contributed by atoms with Crippen LogP contribution < -0.4 is 25.4 Å². The first-order valence-electron chi connectivity index (χ1n) is 21.5. The number of nitrogens with zero attached hydrogens (tertiary/aromatic N) is 5. The van der Waals surface area contributed by atoms with Crippen molar-refractivity contribution in [1.82, 2.24) is 29.8 Å². The molecular formula is C45H54N8O10S. The monoisotopic (exact) mass is 898 g/mol. The number of piperazine rings is 1. The molecule has 6 amide bonds. The lowest BCUT2D eigenvalue weighted by molar-refractivity contribution is -0.134. The predicted molar refractivity (Wildman–Crippen MR) is 238 cm³/mol. The van der Waals surface area contributed by atoms with Crippen LogP contribution in [0, 0.1) is 0 Å². The number of fused-ring (bicyclic) bond motifs is 2. The van der Waals surface area contributed by atoms with Crippen LogP contribution in [0.3, 0.4) is 0 Å². The van der Waals surface area contributed by atoms with E-state index in [4.69, 9.17) is 9.47 Å². The molecule has 2 atom stereocenters. The van der Waals surface area contributed by atoms with E-state index in [-0.39, 0.29) is 59.8 Å². The molecule has 3 N–H and O–H groups in total. The highest BCUT2D eigenvalue weighted by atomic mass is 32.2. The number of sulfone groups is 1. The first-order valence-corrected chi connectivity index (χ1v) is 23.5. The summed E-state index contributed by atoms with van der Waals surface area (Å²) in [5.41, 5.74) is 2.67. The Labute approximate surface area is 371 Å². The van der Waals surface area contributed by atoms with Crippen LogP contribution in [0.15, 0.2) is 54.6 Å². The van der Waals surface area contributed by atoms with Crippen molar-refractivity contribution in [3.05, 3.63) is 77.0 Å². The number of aryl methyl sites for hydroxylation is 1. The number of aromatic nitrogens is 2. The number of methoxy groups -OCH3 is 1. The van der Waals surface area contributed by atoms with Gasteiger partial charge in [0.2, 0.25) is 23.6 Å². The number of benzene rings is 3. The summed E-state index contributed by atoms with van der Waals surface area (Å²) in [5.74, 6) is -2.69. The number of carbonyl (C=O) groups excluding carboxylic acids is 6. The lowest BCUT2D eigenvalue weighted by atomic mass is 9.93. The van der Waals surface area contributed by atoms with E-state index >= 15 is 0 Å². The summed E-state index contributed by atoms with van der Waals surface area (Å²) in [5, 5.41) is 13.6. The van der Waals surface area contributed by atoms with E-state index in [2.05, 4.69) is 30.8 Å². The van der Waals surface area contributed by atoms with Crippen molar-refractivity contribution < 1.29 is 46.7 Å². The molecule has 3 aliphatic rings. The fourth-order valence-electron chi connectivity index (χ4n) is 8.63. The molecule has 0 saturated carbocycles. The highest BCUT2D eigenvalue weighted by molar-refractivity contribution is 7.90. The Morgan fingerprint density at radius 3 is 2.39 bits per heavy atom. The van der Waals surface area contributed by atoms with Crippen molar-refractivity contribution in [2.45, 2.75) is 57.4 Å². The molecule has 4 heterocycles. The number of carbonyl (C=O) groups is 6. The summed E-state index contributed by atoms with van der Waals surface area (Å²) in [4.78, 5) is 83.5. The molecular weight excluding hydrogens is 845 g/mol. The number of unbranched alkanes of at least 4 members (excludes halogenated alkanes) is 2. The molecule has 0 bridgehead atoms. The van der Waals surface area contributed by atoms with Crippen LogP contribution in [0.25, 0.3) is 10.9 Å². The molecule has 7 rings (SSSR count). The zero-order valence-electron chi connectivity index (χ0n) is 36.5. The summed E-state index contributed by atoms with van der Waals surface area (Å²) in [7, 11) is -0.429. The summed E-state index contributed by atoms with van der Waals surface area (Å²) >= 11 is 0. The third-order valence-corrected chi connectivity index (χ3v) is 12.7. The number of hydrogen-bond acceptors (Lipinski definition) is 13. The molecule has 1 aromatic heterocycles. The van der Waals surface area contributed by atoms with Gasteiger partial charge in [-0.25, -0.2) is 8.42 Å². The standard InChI is InChI=1S/C45H54N8O10S/c1-5-63-37-24-28(13-17-36(37)62-3)35(27-64(4,60)61)53-44(58)31-10-9-11-33(41(31)45(53)59)47-38(54)12-7-6-8-19-51-20-22-52(23-21-51)26-40(56)46-29-14-15-30-34(25-29)50(2)49-42(30)32-16-18-39(55)48-43(32)57/h9-11,13-15,17,24-25,32,35H,5-8,12,16,18-23,26-27H2,1-4H3,(H,46,56)(H,47,54)(H,48,55,57)/t32?,35-/m1/s1. The fraction of sp³-hybridized carbons (Fsp3) is 0.444. The Kier molecular flexibility index (Phi) is 14.1. The number of amides is 6. The average Bonchev–Trinajstić information content (AvgIpc) is 3.71. The second-order valence-electron chi connectivity index (χ2n) is 16.4. The highest BCUT2D eigenvalue weighted by Gasteiger charge is 2.43. The minimum Gasteiger partial charge on any atom is -0.493 e. The molecule has 0 spiro atoms. The van der Waals surface area contributed by atoms with Gasteiger partial charge >= 0.3 is 0 Å². The van der Waals surface area contributed by atoms with E-state index in [0.717, 1.165) is 67.6 Å². The first kappa shape index (κ1) is 45.8. The first-order chi connectivity index (χ1) is 30.6. The number of ether oxygens (including phenoxy) is 2. The summed E-state index contributed by atoms with van der Waals surface area (Å²) in [6, 6.07) is 13.7. The summed E-state index contributed by atoms with van der Waals surface area (Å²) < 4.78 is 38.0. The Hall–Kier alpha value is -6.18. The van der Waals surface area contributed by atoms with Gasteiger partial charge in [-0.1, -0.05) is 18.6 Å². The van der Waals surface area contributed by atoms with Crippen LogP contribution >= 0.6 is 0 Å². The second-order valence-corrected chi connectivity index (χ2v) is 18.6. The molecule has 0 aliphatic carbocycles. The Balaban J connectivity index is 0.851. The van der Waals surface area contributed by atoms with Gasteiger partial charge in [-0.15, -0.1) is 0 Å². The molecule has 4 aromatic rings. The maximum absolute atomic E-state index is 14.0. The molecule has 0 radical (unpaired) electrons. The van der Waals surface area contributed by atoms with E-state index in [0.29, 0.717) is 47.9 Å². The Morgan fingerprint density at radius 1 is 0.906 bits per heavy atom. The van der Waals surface area contributed by atoms with Gasteiger partial charge in [0.1, 0.15) is 9.84 Å². The summed E-state index contributed by atoms with van der Waals surface area (Å²) in [6.07, 6.45) is 4.19. The maximum atomic E-state index is 14.0. The largest absolute Gasteiger partial charge is 0.493 e. The molecule has 2 saturated heterocycles. The van der Waals surface area contributed by atoms with Gasteiger partial charge in [0, 0.05) is 63.4 Å². The number of imide groups is 2. The van der Waals surface area contributed by atoms with Crippen LogP contribution in [-0.2, 0) is 36.1 Å². The molecule has 64 heavy (non-hydrogen) atoms. The third-order valence-electron chi connectivity index (χ3n) is 11.8. The number of hydrogen-bond donors (Lipinski definition) is 3. The zero-order valence-corrected chi connectivity index (χ0v) is 37.3. The number of anilines is 2. The van der Waals surface area contributed by atoms with Crippen molar-refractivity contribution in [2.75, 3.05) is 75.6 Å². The highest BCUT2D eigenvalue weighted by Crippen LogP contribution is 2.39. The lowest BCUT2D eigenvalue weighted by Crippen LogP contribution is -2.48. The van der Waals surface area contributed by atoms with Crippen LogP contribution in [0.5, 0.6) is 11.5 Å². The zero-order chi connectivity index (χ0) is 45.7. The van der Waals surface area contributed by atoms with Crippen molar-refractivity contribution in [1.29, 1.82) is 0 Å². The molecule has 19 heteroatoms. The maximum Gasteiger partial charge on any atom is 0.264 e. The Morgan fingerprint density at radius 2 is 1.67 bits per heavy atom. The number of nitrogens with one attached hydrogen (secondary N) is 3. The van der Waals surface area contributed by atoms with Crippen LogP contribution in [0.1, 0.15) is 89.4 Å². The van der Waals surface area contributed by atoms with Gasteiger partial charge in [0.25, 0.3) is 11.8 Å². The summed E-state index contributed by atoms with van der Waals surface area (Å²) in [6.45, 7) is 6.26. The van der Waals surface area contributed by atoms with Gasteiger partial charge in [0.05, 0.1) is 66.0 Å². The smallest absolute Gasteiger partial charge is 0.264 e. The van der Waals surface area contributed by atoms with Crippen molar-refractivity contribution >= 4 is 67.6 Å². The second kappa shape index (κ2) is 19.7. The minimum atomic E-state index is -3.69. The molecule has 2 fully saturated rings. The quantitative estimate of drug-likeness (QED) is 0.0962. The van der Waals surface area contributed by atoms with Crippen molar-refractivity contribution in [3.8, 4) is 11.5 Å². The van der Waals surface area contributed by atoms with Crippen molar-refractivity contribution in [2.24, 2.45) is 7.05 Å². The Bertz CT molecular complexity index is 2590. The molecule has 340 valence electrons. The molecule has 3 aliphatic heterocycles. The lowest BCUT2D eigenvalue weighted by Gasteiger charge is -2.34. The van der Waals surface area contributed by atoms with Gasteiger partial charge in [-0.2, -0.15) is 5.10 Å². The SMILES string of the molecule is CCOc1cc([C@@H](CS(C)(=O)=O)N2C(=O)c3cccc(NC(=O)CCCCCN4CCN(CC(=O)Nc5ccc6c(C7CCC(=O)NC7=O)nn(C)c6c5)CC4)c3C2=O)ccc1OC. The molecule has 18 nitrogen and oxygen atoms in total.